The highest BCUT2D eigenvalue weighted by molar-refractivity contribution is 6.31. The molecule has 1 aromatic heterocycles. The average Bonchev–Trinajstić information content (AvgIpc) is 2.78. The highest BCUT2D eigenvalue weighted by Gasteiger charge is 2.14. The summed E-state index contributed by atoms with van der Waals surface area (Å²) in [6, 6.07) is 16.4. The number of nitrogens with zero attached hydrogens (tertiary/aromatic N) is 4. The quantitative estimate of drug-likeness (QED) is 0.512. The number of aryl methyl sites for hydroxylation is 2. The molecule has 7 heteroatoms. The summed E-state index contributed by atoms with van der Waals surface area (Å²) in [5.74, 6) is 0.560. The van der Waals surface area contributed by atoms with Crippen molar-refractivity contribution in [1.82, 2.24) is 14.9 Å². The molecule has 1 saturated heterocycles. The van der Waals surface area contributed by atoms with Crippen molar-refractivity contribution >= 4 is 40.5 Å². The number of aromatic nitrogens is 2. The molecule has 4 rings (SSSR count). The van der Waals surface area contributed by atoms with Crippen LogP contribution >= 0.6 is 23.2 Å². The van der Waals surface area contributed by atoms with E-state index in [0.29, 0.717) is 11.0 Å². The molecule has 162 valence electrons. The van der Waals surface area contributed by atoms with Gasteiger partial charge in [-0.2, -0.15) is 0 Å². The van der Waals surface area contributed by atoms with E-state index in [4.69, 9.17) is 23.2 Å². The molecule has 0 unspecified atom stereocenters. The maximum absolute atomic E-state index is 6.34. The van der Waals surface area contributed by atoms with Crippen LogP contribution in [0.25, 0.3) is 0 Å². The smallest absolute Gasteiger partial charge is 0.227 e. The van der Waals surface area contributed by atoms with E-state index in [9.17, 15) is 0 Å². The molecule has 1 aliphatic rings. The Morgan fingerprint density at radius 2 is 1.65 bits per heavy atom. The third-order valence-electron chi connectivity index (χ3n) is 5.63. The highest BCUT2D eigenvalue weighted by atomic mass is 35.5. The summed E-state index contributed by atoms with van der Waals surface area (Å²) < 4.78 is 0. The molecule has 0 bridgehead atoms. The molecule has 2 aromatic carbocycles. The molecule has 0 amide bonds. The van der Waals surface area contributed by atoms with Gasteiger partial charge in [0.1, 0.15) is 0 Å². The Bertz CT molecular complexity index is 1000. The van der Waals surface area contributed by atoms with Crippen LogP contribution < -0.4 is 10.2 Å². The van der Waals surface area contributed by atoms with Crippen LogP contribution in [-0.4, -0.2) is 48.1 Å². The summed E-state index contributed by atoms with van der Waals surface area (Å²) in [5, 5.41) is 4.69. The predicted octanol–water partition coefficient (Wildman–Crippen LogP) is 5.45. The van der Waals surface area contributed by atoms with Crippen LogP contribution in [0.2, 0.25) is 10.0 Å². The summed E-state index contributed by atoms with van der Waals surface area (Å²) in [7, 11) is 2.17. The lowest BCUT2D eigenvalue weighted by molar-refractivity contribution is 0.313. The molecule has 0 saturated carbocycles. The van der Waals surface area contributed by atoms with Crippen LogP contribution in [-0.2, 0) is 12.8 Å². The van der Waals surface area contributed by atoms with Crippen molar-refractivity contribution in [3.8, 4) is 0 Å². The van der Waals surface area contributed by atoms with Crippen LogP contribution in [0.4, 0.5) is 17.3 Å². The summed E-state index contributed by atoms with van der Waals surface area (Å²) in [5.41, 5.74) is 4.20. The summed E-state index contributed by atoms with van der Waals surface area (Å²) in [4.78, 5) is 13.8. The van der Waals surface area contributed by atoms with E-state index in [2.05, 4.69) is 62.5 Å². The minimum atomic E-state index is 0.560. The molecule has 5 nitrogen and oxygen atoms in total. The monoisotopic (exact) mass is 455 g/mol. The van der Waals surface area contributed by atoms with Crippen LogP contribution in [0.1, 0.15) is 17.7 Å². The number of hydrogen-bond donors (Lipinski definition) is 1. The SMILES string of the molecule is CN1CCN(c2ccc(Nc3ncc(Cl)c(CCCc4ccccc4Cl)n3)cc2)CC1. The van der Waals surface area contributed by atoms with E-state index >= 15 is 0 Å². The number of nitrogens with one attached hydrogen (secondary N) is 1. The summed E-state index contributed by atoms with van der Waals surface area (Å²) >= 11 is 12.6. The van der Waals surface area contributed by atoms with E-state index in [1.54, 1.807) is 6.20 Å². The Balaban J connectivity index is 1.36. The van der Waals surface area contributed by atoms with Crippen LogP contribution in [0.3, 0.4) is 0 Å². The molecule has 1 fully saturated rings. The molecule has 31 heavy (non-hydrogen) atoms. The Morgan fingerprint density at radius 3 is 2.39 bits per heavy atom. The van der Waals surface area contributed by atoms with E-state index in [-0.39, 0.29) is 0 Å². The zero-order valence-corrected chi connectivity index (χ0v) is 19.2. The molecule has 1 N–H and O–H groups in total. The Hall–Kier alpha value is -2.34. The summed E-state index contributed by atoms with van der Waals surface area (Å²) in [6.45, 7) is 4.30. The fourth-order valence-electron chi connectivity index (χ4n) is 3.73. The van der Waals surface area contributed by atoms with Crippen LogP contribution in [0.5, 0.6) is 0 Å². The van der Waals surface area contributed by atoms with Crippen molar-refractivity contribution in [1.29, 1.82) is 0 Å². The molecule has 1 aliphatic heterocycles. The first-order valence-corrected chi connectivity index (χ1v) is 11.4. The van der Waals surface area contributed by atoms with Gasteiger partial charge in [-0.1, -0.05) is 41.4 Å². The molecule has 3 aromatic rings. The second kappa shape index (κ2) is 10.3. The second-order valence-corrected chi connectivity index (χ2v) is 8.71. The van der Waals surface area contributed by atoms with Gasteiger partial charge in [0.15, 0.2) is 0 Å². The predicted molar refractivity (Wildman–Crippen MR) is 130 cm³/mol. The van der Waals surface area contributed by atoms with E-state index in [0.717, 1.165) is 67.4 Å². The van der Waals surface area contributed by atoms with Crippen molar-refractivity contribution in [3.63, 3.8) is 0 Å². The normalized spacial score (nSPS) is 14.6. The van der Waals surface area contributed by atoms with Crippen molar-refractivity contribution in [2.24, 2.45) is 0 Å². The van der Waals surface area contributed by atoms with Crippen molar-refractivity contribution < 1.29 is 0 Å². The van der Waals surface area contributed by atoms with Gasteiger partial charge >= 0.3 is 0 Å². The van der Waals surface area contributed by atoms with Gasteiger partial charge in [-0.05, 0) is 62.2 Å². The zero-order valence-electron chi connectivity index (χ0n) is 17.7. The minimum absolute atomic E-state index is 0.560. The number of rotatable bonds is 7. The van der Waals surface area contributed by atoms with Gasteiger partial charge in [-0.25, -0.2) is 9.97 Å². The number of likely N-dealkylation sites (N-methyl/N-ethyl adjacent to an activating group) is 1. The number of piperazine rings is 1. The fraction of sp³-hybridized carbons (Fsp3) is 0.333. The van der Waals surface area contributed by atoms with Gasteiger partial charge in [0, 0.05) is 42.6 Å². The zero-order chi connectivity index (χ0) is 21.6. The van der Waals surface area contributed by atoms with Gasteiger partial charge in [-0.3, -0.25) is 0 Å². The van der Waals surface area contributed by atoms with Gasteiger partial charge < -0.3 is 15.1 Å². The summed E-state index contributed by atoms with van der Waals surface area (Å²) in [6.07, 6.45) is 4.24. The van der Waals surface area contributed by atoms with Gasteiger partial charge in [-0.15, -0.1) is 0 Å². The molecular formula is C24H27Cl2N5. The van der Waals surface area contributed by atoms with E-state index in [1.165, 1.54) is 5.69 Å². The number of benzene rings is 2. The Morgan fingerprint density at radius 1 is 0.903 bits per heavy atom. The maximum Gasteiger partial charge on any atom is 0.227 e. The third-order valence-corrected chi connectivity index (χ3v) is 6.31. The molecule has 0 aliphatic carbocycles. The number of hydrogen-bond acceptors (Lipinski definition) is 5. The number of halogens is 2. The lowest BCUT2D eigenvalue weighted by atomic mass is 10.1. The topological polar surface area (TPSA) is 44.3 Å². The van der Waals surface area contributed by atoms with Crippen molar-refractivity contribution in [2.75, 3.05) is 43.4 Å². The minimum Gasteiger partial charge on any atom is -0.369 e. The van der Waals surface area contributed by atoms with Crippen molar-refractivity contribution in [3.05, 3.63) is 76.0 Å². The number of anilines is 3. The fourth-order valence-corrected chi connectivity index (χ4v) is 4.15. The van der Waals surface area contributed by atoms with Crippen molar-refractivity contribution in [2.45, 2.75) is 19.3 Å². The maximum atomic E-state index is 6.34. The van der Waals surface area contributed by atoms with Gasteiger partial charge in [0.2, 0.25) is 5.95 Å². The highest BCUT2D eigenvalue weighted by Crippen LogP contribution is 2.23. The first-order valence-electron chi connectivity index (χ1n) is 10.6. The standard InChI is InChI=1S/C24H27Cl2N5/c1-30-13-15-31(16-14-30)20-11-9-19(10-12-20)28-24-27-17-22(26)23(29-24)8-4-6-18-5-2-3-7-21(18)25/h2-3,5,7,9-12,17H,4,6,8,13-16H2,1H3,(H,27,28,29). The first-order chi connectivity index (χ1) is 15.1. The van der Waals surface area contributed by atoms with Crippen LogP contribution in [0, 0.1) is 0 Å². The van der Waals surface area contributed by atoms with E-state index < -0.39 is 0 Å². The van der Waals surface area contributed by atoms with E-state index in [1.807, 2.05) is 18.2 Å². The Labute approximate surface area is 194 Å². The lowest BCUT2D eigenvalue weighted by Gasteiger charge is -2.34. The second-order valence-electron chi connectivity index (χ2n) is 7.90. The largest absolute Gasteiger partial charge is 0.369 e. The third kappa shape index (κ3) is 5.88. The van der Waals surface area contributed by atoms with Gasteiger partial charge in [0.05, 0.1) is 16.9 Å². The molecule has 0 atom stereocenters. The molecule has 0 radical (unpaired) electrons. The first kappa shape index (κ1) is 21.9. The molecule has 0 spiro atoms. The Kier molecular flexibility index (Phi) is 7.28. The molecular weight excluding hydrogens is 429 g/mol. The van der Waals surface area contributed by atoms with Gasteiger partial charge in [0.25, 0.3) is 0 Å². The van der Waals surface area contributed by atoms with Crippen LogP contribution in [0.15, 0.2) is 54.7 Å². The molecule has 2 heterocycles. The average molecular weight is 456 g/mol. The lowest BCUT2D eigenvalue weighted by Crippen LogP contribution is -2.44.